The smallest absolute Gasteiger partial charge is 0.381 e. The van der Waals surface area contributed by atoms with E-state index in [1.54, 1.807) is 19.1 Å². The summed E-state index contributed by atoms with van der Waals surface area (Å²) >= 11 is 4.95. The maximum atomic E-state index is 13.2. The second-order valence-electron chi connectivity index (χ2n) is 4.62. The highest BCUT2D eigenvalue weighted by molar-refractivity contribution is 6.21. The molecule has 0 unspecified atom stereocenters. The van der Waals surface area contributed by atoms with Gasteiger partial charge in [-0.2, -0.15) is 8.78 Å². The minimum absolute atomic E-state index is 0.0942. The van der Waals surface area contributed by atoms with Crippen LogP contribution in [-0.2, 0) is 5.38 Å². The van der Waals surface area contributed by atoms with Crippen molar-refractivity contribution in [2.24, 2.45) is 0 Å². The second kappa shape index (κ2) is 5.62. The van der Waals surface area contributed by atoms with Gasteiger partial charge in [0.2, 0.25) is 5.82 Å². The summed E-state index contributed by atoms with van der Waals surface area (Å²) in [6.45, 7) is 1.70. The molecule has 0 aliphatic heterocycles. The maximum Gasteiger partial charge on any atom is 0.381 e. The van der Waals surface area contributed by atoms with E-state index in [9.17, 15) is 13.2 Å². The van der Waals surface area contributed by atoms with Crippen LogP contribution in [0.15, 0.2) is 30.7 Å². The van der Waals surface area contributed by atoms with Gasteiger partial charge in [-0.15, -0.1) is 0 Å². The minimum atomic E-state index is -3.67. The monoisotopic (exact) mass is 340 g/mol. The van der Waals surface area contributed by atoms with Crippen molar-refractivity contribution >= 4 is 22.5 Å². The highest BCUT2D eigenvalue weighted by Crippen LogP contribution is 2.33. The van der Waals surface area contributed by atoms with Crippen molar-refractivity contribution in [1.82, 2.24) is 19.9 Å². The third-order valence-electron chi connectivity index (χ3n) is 2.96. The number of benzene rings is 1. The highest BCUT2D eigenvalue weighted by atomic mass is 35.5. The molecule has 5 nitrogen and oxygen atoms in total. The van der Waals surface area contributed by atoms with Gasteiger partial charge in [0.1, 0.15) is 5.75 Å². The quantitative estimate of drug-likeness (QED) is 0.676. The minimum Gasteiger partial charge on any atom is -0.424 e. The summed E-state index contributed by atoms with van der Waals surface area (Å²) in [6.07, 6.45) is 3.07. The van der Waals surface area contributed by atoms with Gasteiger partial charge in [-0.1, -0.05) is 6.07 Å². The first kappa shape index (κ1) is 15.4. The molecule has 0 fully saturated rings. The van der Waals surface area contributed by atoms with Crippen molar-refractivity contribution in [2.45, 2.75) is 12.3 Å². The molecule has 0 aliphatic rings. The van der Waals surface area contributed by atoms with Gasteiger partial charge in [-0.05, 0) is 30.2 Å². The maximum absolute atomic E-state index is 13.2. The third kappa shape index (κ3) is 3.16. The Hall–Kier alpha value is -2.48. The average Bonchev–Trinajstić information content (AvgIpc) is 2.51. The zero-order valence-corrected chi connectivity index (χ0v) is 12.4. The number of alkyl halides is 3. The largest absolute Gasteiger partial charge is 0.424 e. The molecule has 1 aromatic carbocycles. The SMILES string of the molecule is Cc1ccc(Oc2ncc(F)cn2)c2cnc(C(F)(F)Cl)nc12. The molecular formula is C14H8ClF3N4O. The van der Waals surface area contributed by atoms with Gasteiger partial charge < -0.3 is 4.74 Å². The van der Waals surface area contributed by atoms with Crippen LogP contribution in [0.5, 0.6) is 11.8 Å². The Kier molecular flexibility index (Phi) is 3.77. The molecule has 118 valence electrons. The molecule has 0 N–H and O–H groups in total. The lowest BCUT2D eigenvalue weighted by Gasteiger charge is -2.11. The summed E-state index contributed by atoms with van der Waals surface area (Å²) in [5.74, 6) is -1.16. The van der Waals surface area contributed by atoms with Crippen LogP contribution in [0.25, 0.3) is 10.9 Å². The standard InChI is InChI=1S/C14H8ClF3N4O/c1-7-2-3-10(23-13-20-4-8(16)5-21-13)9-6-19-12(14(15,17)18)22-11(7)9/h2-6H,1H3. The zero-order valence-electron chi connectivity index (χ0n) is 11.6. The van der Waals surface area contributed by atoms with E-state index < -0.39 is 17.0 Å². The molecule has 0 bridgehead atoms. The van der Waals surface area contributed by atoms with Gasteiger partial charge in [-0.3, -0.25) is 0 Å². The fraction of sp³-hybridized carbons (Fsp3) is 0.143. The molecule has 0 radical (unpaired) electrons. The van der Waals surface area contributed by atoms with Crippen LogP contribution in [0.2, 0.25) is 0 Å². The predicted octanol–water partition coefficient (Wildman–Crippen LogP) is 3.95. The van der Waals surface area contributed by atoms with Crippen LogP contribution in [0.4, 0.5) is 13.2 Å². The lowest BCUT2D eigenvalue weighted by atomic mass is 10.1. The second-order valence-corrected chi connectivity index (χ2v) is 5.09. The van der Waals surface area contributed by atoms with Crippen molar-refractivity contribution in [1.29, 1.82) is 0 Å². The van der Waals surface area contributed by atoms with E-state index in [0.29, 0.717) is 10.9 Å². The van der Waals surface area contributed by atoms with Gasteiger partial charge in [0.15, 0.2) is 5.82 Å². The topological polar surface area (TPSA) is 60.8 Å². The van der Waals surface area contributed by atoms with E-state index in [1.165, 1.54) is 6.20 Å². The number of hydrogen-bond donors (Lipinski definition) is 0. The van der Waals surface area contributed by atoms with Crippen molar-refractivity contribution in [3.63, 3.8) is 0 Å². The Labute approximate surface area is 133 Å². The molecule has 3 aromatic rings. The molecule has 9 heteroatoms. The third-order valence-corrected chi connectivity index (χ3v) is 3.13. The lowest BCUT2D eigenvalue weighted by molar-refractivity contribution is 0.0848. The van der Waals surface area contributed by atoms with E-state index in [4.69, 9.17) is 16.3 Å². The predicted molar refractivity (Wildman–Crippen MR) is 76.1 cm³/mol. The zero-order chi connectivity index (χ0) is 16.6. The first-order chi connectivity index (χ1) is 10.8. The van der Waals surface area contributed by atoms with Gasteiger partial charge in [0.25, 0.3) is 0 Å². The summed E-state index contributed by atoms with van der Waals surface area (Å²) in [4.78, 5) is 14.7. The molecule has 0 aliphatic carbocycles. The first-order valence-corrected chi connectivity index (χ1v) is 6.71. The molecule has 2 heterocycles. The Morgan fingerprint density at radius 3 is 2.43 bits per heavy atom. The molecule has 0 spiro atoms. The number of rotatable bonds is 3. The summed E-state index contributed by atoms with van der Waals surface area (Å²) in [6, 6.07) is 3.12. The van der Waals surface area contributed by atoms with Crippen molar-refractivity contribution in [2.75, 3.05) is 0 Å². The van der Waals surface area contributed by atoms with Crippen LogP contribution in [-0.4, -0.2) is 19.9 Å². The molecule has 3 rings (SSSR count). The Morgan fingerprint density at radius 2 is 1.78 bits per heavy atom. The first-order valence-electron chi connectivity index (χ1n) is 6.33. The number of hydrogen-bond acceptors (Lipinski definition) is 5. The molecule has 23 heavy (non-hydrogen) atoms. The summed E-state index contributed by atoms with van der Waals surface area (Å²) in [5, 5.41) is -3.29. The average molecular weight is 341 g/mol. The Bertz CT molecular complexity index is 868. The van der Waals surface area contributed by atoms with Crippen LogP contribution < -0.4 is 4.74 Å². The van der Waals surface area contributed by atoms with Crippen LogP contribution in [0.1, 0.15) is 11.4 Å². The Balaban J connectivity index is 2.08. The normalized spacial score (nSPS) is 11.7. The fourth-order valence-electron chi connectivity index (χ4n) is 1.91. The van der Waals surface area contributed by atoms with Crippen molar-refractivity contribution < 1.29 is 17.9 Å². The van der Waals surface area contributed by atoms with Crippen molar-refractivity contribution in [3.05, 3.63) is 47.9 Å². The van der Waals surface area contributed by atoms with E-state index in [0.717, 1.165) is 12.4 Å². The van der Waals surface area contributed by atoms with E-state index in [2.05, 4.69) is 19.9 Å². The van der Waals surface area contributed by atoms with E-state index in [-0.39, 0.29) is 17.3 Å². The number of aromatic nitrogens is 4. The molecule has 0 atom stereocenters. The van der Waals surface area contributed by atoms with Crippen molar-refractivity contribution in [3.8, 4) is 11.8 Å². The molecular weight excluding hydrogens is 333 g/mol. The molecule has 0 saturated carbocycles. The Morgan fingerprint density at radius 1 is 1.09 bits per heavy atom. The number of fused-ring (bicyclic) bond motifs is 1. The molecule has 0 saturated heterocycles. The number of halogens is 4. The van der Waals surface area contributed by atoms with E-state index >= 15 is 0 Å². The van der Waals surface area contributed by atoms with Gasteiger partial charge in [-0.25, -0.2) is 24.3 Å². The highest BCUT2D eigenvalue weighted by Gasteiger charge is 2.32. The molecule has 2 aromatic heterocycles. The fourth-order valence-corrected chi connectivity index (χ4v) is 2.00. The molecule has 0 amide bonds. The van der Waals surface area contributed by atoms with Crippen LogP contribution >= 0.6 is 11.6 Å². The van der Waals surface area contributed by atoms with Crippen LogP contribution in [0, 0.1) is 12.7 Å². The lowest BCUT2D eigenvalue weighted by Crippen LogP contribution is -2.09. The number of ether oxygens (including phenoxy) is 1. The van der Waals surface area contributed by atoms with Gasteiger partial charge in [0, 0.05) is 6.20 Å². The van der Waals surface area contributed by atoms with Gasteiger partial charge >= 0.3 is 11.4 Å². The number of nitrogens with zero attached hydrogens (tertiary/aromatic N) is 4. The number of aryl methyl sites for hydroxylation is 1. The summed E-state index contributed by atoms with van der Waals surface area (Å²) < 4.78 is 44.5. The van der Waals surface area contributed by atoms with E-state index in [1.807, 2.05) is 0 Å². The van der Waals surface area contributed by atoms with Gasteiger partial charge in [0.05, 0.1) is 23.3 Å². The summed E-state index contributed by atoms with van der Waals surface area (Å²) in [5.41, 5.74) is 0.895. The summed E-state index contributed by atoms with van der Waals surface area (Å²) in [7, 11) is 0. The van der Waals surface area contributed by atoms with Crippen LogP contribution in [0.3, 0.4) is 0 Å².